The van der Waals surface area contributed by atoms with E-state index in [2.05, 4.69) is 15.3 Å². The van der Waals surface area contributed by atoms with Gasteiger partial charge in [0.25, 0.3) is 0 Å². The number of nitrogens with two attached hydrogens (primary N) is 1. The number of anilines is 1. The molecular weight excluding hydrogens is 252 g/mol. The van der Waals surface area contributed by atoms with Gasteiger partial charge in [0.05, 0.1) is 0 Å². The minimum absolute atomic E-state index is 0.151. The van der Waals surface area contributed by atoms with E-state index in [1.54, 1.807) is 6.07 Å². The van der Waals surface area contributed by atoms with Gasteiger partial charge >= 0.3 is 0 Å². The molecule has 0 spiro atoms. The lowest BCUT2D eigenvalue weighted by atomic mass is 9.80. The molecule has 1 heterocycles. The number of nitrogens with one attached hydrogen (secondary N) is 1. The van der Waals surface area contributed by atoms with Crippen molar-refractivity contribution in [3.8, 4) is 0 Å². The number of carbonyl (C=O) groups is 1. The molecule has 18 heavy (non-hydrogen) atoms. The van der Waals surface area contributed by atoms with Gasteiger partial charge in [0.15, 0.2) is 0 Å². The van der Waals surface area contributed by atoms with Gasteiger partial charge in [-0.1, -0.05) is 30.9 Å². The fraction of sp³-hybridized carbons (Fsp3) is 0.583. The summed E-state index contributed by atoms with van der Waals surface area (Å²) in [5.41, 5.74) is 5.84. The third kappa shape index (κ3) is 3.65. The van der Waals surface area contributed by atoms with E-state index < -0.39 is 0 Å². The van der Waals surface area contributed by atoms with E-state index in [4.69, 9.17) is 17.3 Å². The first kappa shape index (κ1) is 13.2. The van der Waals surface area contributed by atoms with Crippen molar-refractivity contribution in [3.05, 3.63) is 17.4 Å². The van der Waals surface area contributed by atoms with Gasteiger partial charge in [0, 0.05) is 18.2 Å². The summed E-state index contributed by atoms with van der Waals surface area (Å²) in [4.78, 5) is 19.7. The second-order valence-electron chi connectivity index (χ2n) is 4.85. The second kappa shape index (κ2) is 5.63. The van der Waals surface area contributed by atoms with E-state index in [-0.39, 0.29) is 17.4 Å². The maximum atomic E-state index is 11.9. The van der Waals surface area contributed by atoms with E-state index in [1.807, 2.05) is 0 Å². The third-order valence-corrected chi connectivity index (χ3v) is 3.45. The number of carbonyl (C=O) groups excluding carboxylic acids is 1. The van der Waals surface area contributed by atoms with Gasteiger partial charge in [-0.2, -0.15) is 0 Å². The molecule has 98 valence electrons. The number of hydrogen-bond donors (Lipinski definition) is 2. The van der Waals surface area contributed by atoms with E-state index in [0.29, 0.717) is 11.6 Å². The van der Waals surface area contributed by atoms with E-state index in [0.717, 1.165) is 25.7 Å². The summed E-state index contributed by atoms with van der Waals surface area (Å²) < 4.78 is 0. The van der Waals surface area contributed by atoms with Crippen molar-refractivity contribution >= 4 is 23.5 Å². The highest BCUT2D eigenvalue weighted by molar-refractivity contribution is 6.29. The fourth-order valence-corrected chi connectivity index (χ4v) is 2.45. The predicted octanol–water partition coefficient (Wildman–Crippen LogP) is 2.12. The van der Waals surface area contributed by atoms with E-state index >= 15 is 0 Å². The van der Waals surface area contributed by atoms with Crippen LogP contribution < -0.4 is 11.1 Å². The van der Waals surface area contributed by atoms with Gasteiger partial charge < -0.3 is 5.73 Å². The summed E-state index contributed by atoms with van der Waals surface area (Å²) in [5.74, 6) is 0.0774. The first-order chi connectivity index (χ1) is 8.57. The van der Waals surface area contributed by atoms with Crippen molar-refractivity contribution in [2.24, 2.45) is 5.73 Å². The Morgan fingerprint density at radius 3 is 2.83 bits per heavy atom. The third-order valence-electron chi connectivity index (χ3n) is 3.23. The van der Waals surface area contributed by atoms with Crippen LogP contribution in [0.25, 0.3) is 0 Å². The number of aromatic nitrogens is 2. The van der Waals surface area contributed by atoms with E-state index in [9.17, 15) is 4.79 Å². The van der Waals surface area contributed by atoms with Crippen molar-refractivity contribution in [2.45, 2.75) is 44.1 Å². The summed E-state index contributed by atoms with van der Waals surface area (Å²) in [6.07, 6.45) is 7.01. The molecule has 5 nitrogen and oxygen atoms in total. The van der Waals surface area contributed by atoms with Crippen molar-refractivity contribution in [1.82, 2.24) is 9.97 Å². The van der Waals surface area contributed by atoms with Gasteiger partial charge in [-0.25, -0.2) is 9.97 Å². The molecule has 3 N–H and O–H groups in total. The molecule has 0 aromatic carbocycles. The van der Waals surface area contributed by atoms with Gasteiger partial charge in [0.1, 0.15) is 5.15 Å². The maximum Gasteiger partial charge on any atom is 0.230 e. The van der Waals surface area contributed by atoms with Crippen LogP contribution in [0.3, 0.4) is 0 Å². The number of halogens is 1. The lowest BCUT2D eigenvalue weighted by molar-refractivity contribution is -0.117. The summed E-state index contributed by atoms with van der Waals surface area (Å²) in [6.45, 7) is 0. The molecule has 0 aliphatic heterocycles. The average molecular weight is 269 g/mol. The molecular formula is C12H17ClN4O. The summed E-state index contributed by atoms with van der Waals surface area (Å²) >= 11 is 5.72. The van der Waals surface area contributed by atoms with Crippen LogP contribution in [-0.2, 0) is 4.79 Å². The van der Waals surface area contributed by atoms with Crippen LogP contribution in [0, 0.1) is 0 Å². The van der Waals surface area contributed by atoms with Crippen LogP contribution >= 0.6 is 11.6 Å². The topological polar surface area (TPSA) is 80.9 Å². The largest absolute Gasteiger partial charge is 0.325 e. The van der Waals surface area contributed by atoms with Crippen LogP contribution in [-0.4, -0.2) is 21.4 Å². The predicted molar refractivity (Wildman–Crippen MR) is 70.3 cm³/mol. The summed E-state index contributed by atoms with van der Waals surface area (Å²) in [7, 11) is 0. The molecule has 0 bridgehead atoms. The zero-order valence-corrected chi connectivity index (χ0v) is 10.9. The molecule has 1 aromatic heterocycles. The molecule has 0 saturated heterocycles. The Kier molecular flexibility index (Phi) is 4.14. The molecule has 6 heteroatoms. The SMILES string of the molecule is NC1(CC(=O)Nc2nccc(Cl)n2)CCCCC1. The highest BCUT2D eigenvalue weighted by atomic mass is 35.5. The number of rotatable bonds is 3. The standard InChI is InChI=1S/C12H17ClN4O/c13-9-4-7-15-11(16-9)17-10(18)8-12(14)5-2-1-3-6-12/h4,7H,1-3,5-6,8,14H2,(H,15,16,17,18). The molecule has 0 atom stereocenters. The number of nitrogens with zero attached hydrogens (tertiary/aromatic N) is 2. The van der Waals surface area contributed by atoms with Crippen molar-refractivity contribution in [2.75, 3.05) is 5.32 Å². The molecule has 1 aliphatic carbocycles. The Morgan fingerprint density at radius 1 is 1.44 bits per heavy atom. The van der Waals surface area contributed by atoms with Crippen LogP contribution in [0.15, 0.2) is 12.3 Å². The smallest absolute Gasteiger partial charge is 0.230 e. The Bertz CT molecular complexity index is 432. The molecule has 1 aromatic rings. The first-order valence-corrected chi connectivity index (χ1v) is 6.52. The highest BCUT2D eigenvalue weighted by Gasteiger charge is 2.30. The monoisotopic (exact) mass is 268 g/mol. The van der Waals surface area contributed by atoms with Crippen LogP contribution in [0.2, 0.25) is 5.15 Å². The second-order valence-corrected chi connectivity index (χ2v) is 5.24. The molecule has 1 fully saturated rings. The lowest BCUT2D eigenvalue weighted by Gasteiger charge is -2.32. The van der Waals surface area contributed by atoms with Crippen LogP contribution in [0.4, 0.5) is 5.95 Å². The van der Waals surface area contributed by atoms with E-state index in [1.165, 1.54) is 12.6 Å². The van der Waals surface area contributed by atoms with Crippen molar-refractivity contribution < 1.29 is 4.79 Å². The Balaban J connectivity index is 1.92. The van der Waals surface area contributed by atoms with Gasteiger partial charge in [-0.3, -0.25) is 10.1 Å². The minimum atomic E-state index is -0.374. The average Bonchev–Trinajstić information content (AvgIpc) is 2.28. The molecule has 1 amide bonds. The van der Waals surface area contributed by atoms with Crippen molar-refractivity contribution in [3.63, 3.8) is 0 Å². The Morgan fingerprint density at radius 2 is 2.17 bits per heavy atom. The molecule has 0 radical (unpaired) electrons. The summed E-state index contributed by atoms with van der Waals surface area (Å²) in [5, 5.41) is 2.94. The van der Waals surface area contributed by atoms with Crippen LogP contribution in [0.1, 0.15) is 38.5 Å². The quantitative estimate of drug-likeness (QED) is 0.823. The number of hydrogen-bond acceptors (Lipinski definition) is 4. The minimum Gasteiger partial charge on any atom is -0.325 e. The fourth-order valence-electron chi connectivity index (χ4n) is 2.32. The number of amides is 1. The Hall–Kier alpha value is -1.20. The highest BCUT2D eigenvalue weighted by Crippen LogP contribution is 2.28. The lowest BCUT2D eigenvalue weighted by Crippen LogP contribution is -2.44. The normalized spacial score (nSPS) is 18.3. The first-order valence-electron chi connectivity index (χ1n) is 6.15. The molecule has 0 unspecified atom stereocenters. The van der Waals surface area contributed by atoms with Crippen molar-refractivity contribution in [1.29, 1.82) is 0 Å². The van der Waals surface area contributed by atoms with Gasteiger partial charge in [0.2, 0.25) is 11.9 Å². The Labute approximate surface area is 111 Å². The zero-order chi connectivity index (χ0) is 13.0. The maximum absolute atomic E-state index is 11.9. The van der Waals surface area contributed by atoms with Gasteiger partial charge in [-0.05, 0) is 18.9 Å². The van der Waals surface area contributed by atoms with Gasteiger partial charge in [-0.15, -0.1) is 0 Å². The summed E-state index contributed by atoms with van der Waals surface area (Å²) in [6, 6.07) is 1.56. The molecule has 1 aliphatic rings. The molecule has 1 saturated carbocycles. The zero-order valence-electron chi connectivity index (χ0n) is 10.2. The van der Waals surface area contributed by atoms with Crippen LogP contribution in [0.5, 0.6) is 0 Å². The molecule has 2 rings (SSSR count).